The SMILES string of the molecule is C[C@H](NN)c1cccc(-c2cccc3ccccc23)c1. The molecule has 0 aliphatic heterocycles. The molecule has 0 saturated carbocycles. The molecule has 100 valence electrons. The number of nitrogens with two attached hydrogens (primary N) is 1. The topological polar surface area (TPSA) is 38.0 Å². The van der Waals surface area contributed by atoms with Crippen LogP contribution in [-0.4, -0.2) is 0 Å². The zero-order valence-electron chi connectivity index (χ0n) is 11.5. The first-order chi connectivity index (χ1) is 9.79. The summed E-state index contributed by atoms with van der Waals surface area (Å²) in [6.07, 6.45) is 0. The van der Waals surface area contributed by atoms with Gasteiger partial charge in [-0.2, -0.15) is 0 Å². The molecule has 0 spiro atoms. The Balaban J connectivity index is 2.16. The fourth-order valence-electron chi connectivity index (χ4n) is 2.55. The second-order valence-corrected chi connectivity index (χ2v) is 5.04. The van der Waals surface area contributed by atoms with Crippen LogP contribution in [0.5, 0.6) is 0 Å². The molecule has 0 unspecified atom stereocenters. The third-order valence-electron chi connectivity index (χ3n) is 3.74. The summed E-state index contributed by atoms with van der Waals surface area (Å²) in [5.41, 5.74) is 6.47. The zero-order valence-corrected chi connectivity index (χ0v) is 11.5. The highest BCUT2D eigenvalue weighted by Gasteiger charge is 2.07. The van der Waals surface area contributed by atoms with E-state index in [9.17, 15) is 0 Å². The summed E-state index contributed by atoms with van der Waals surface area (Å²) < 4.78 is 0. The predicted octanol–water partition coefficient (Wildman–Crippen LogP) is 4.03. The highest BCUT2D eigenvalue weighted by atomic mass is 15.2. The second kappa shape index (κ2) is 5.45. The van der Waals surface area contributed by atoms with Crippen LogP contribution in [0.3, 0.4) is 0 Å². The summed E-state index contributed by atoms with van der Waals surface area (Å²) >= 11 is 0. The van der Waals surface area contributed by atoms with Gasteiger partial charge in [-0.05, 0) is 40.5 Å². The Morgan fingerprint density at radius 1 is 0.900 bits per heavy atom. The fraction of sp³-hybridized carbons (Fsp3) is 0.111. The van der Waals surface area contributed by atoms with E-state index in [0.717, 1.165) is 0 Å². The molecule has 3 N–H and O–H groups in total. The minimum Gasteiger partial charge on any atom is -0.271 e. The Bertz CT molecular complexity index is 729. The molecule has 20 heavy (non-hydrogen) atoms. The van der Waals surface area contributed by atoms with Gasteiger partial charge in [0.15, 0.2) is 0 Å². The van der Waals surface area contributed by atoms with E-state index >= 15 is 0 Å². The molecule has 3 rings (SSSR count). The van der Waals surface area contributed by atoms with E-state index in [1.54, 1.807) is 0 Å². The van der Waals surface area contributed by atoms with E-state index in [2.05, 4.69) is 79.1 Å². The molecule has 3 aromatic carbocycles. The van der Waals surface area contributed by atoms with E-state index in [4.69, 9.17) is 5.84 Å². The van der Waals surface area contributed by atoms with Gasteiger partial charge in [0.05, 0.1) is 0 Å². The van der Waals surface area contributed by atoms with E-state index in [-0.39, 0.29) is 6.04 Å². The van der Waals surface area contributed by atoms with Crippen molar-refractivity contribution in [2.75, 3.05) is 0 Å². The van der Waals surface area contributed by atoms with Crippen LogP contribution in [0.2, 0.25) is 0 Å². The van der Waals surface area contributed by atoms with Crippen LogP contribution in [0.15, 0.2) is 66.7 Å². The molecule has 0 radical (unpaired) electrons. The maximum absolute atomic E-state index is 5.53. The Morgan fingerprint density at radius 3 is 2.50 bits per heavy atom. The van der Waals surface area contributed by atoms with Crippen LogP contribution in [0.1, 0.15) is 18.5 Å². The van der Waals surface area contributed by atoms with Crippen molar-refractivity contribution in [1.29, 1.82) is 0 Å². The number of hydrogen-bond donors (Lipinski definition) is 2. The molecule has 0 saturated heterocycles. The maximum atomic E-state index is 5.53. The van der Waals surface area contributed by atoms with Gasteiger partial charge in [0, 0.05) is 6.04 Å². The van der Waals surface area contributed by atoms with E-state index < -0.39 is 0 Å². The van der Waals surface area contributed by atoms with Crippen LogP contribution in [0.25, 0.3) is 21.9 Å². The average molecular weight is 262 g/mol. The lowest BCUT2D eigenvalue weighted by atomic mass is 9.96. The van der Waals surface area contributed by atoms with Crippen molar-refractivity contribution in [2.24, 2.45) is 5.84 Å². The lowest BCUT2D eigenvalue weighted by Gasteiger charge is -2.13. The first kappa shape index (κ1) is 12.9. The summed E-state index contributed by atoms with van der Waals surface area (Å²) in [5, 5.41) is 2.54. The van der Waals surface area contributed by atoms with Gasteiger partial charge in [0.25, 0.3) is 0 Å². The van der Waals surface area contributed by atoms with Gasteiger partial charge in [-0.3, -0.25) is 11.3 Å². The summed E-state index contributed by atoms with van der Waals surface area (Å²) in [5.74, 6) is 5.53. The lowest BCUT2D eigenvalue weighted by Crippen LogP contribution is -2.25. The van der Waals surface area contributed by atoms with Crippen LogP contribution in [-0.2, 0) is 0 Å². The molecule has 2 heteroatoms. The van der Waals surface area contributed by atoms with Crippen molar-refractivity contribution in [1.82, 2.24) is 5.43 Å². The highest BCUT2D eigenvalue weighted by Crippen LogP contribution is 2.29. The molecule has 2 nitrogen and oxygen atoms in total. The Hall–Kier alpha value is -2.16. The molecular weight excluding hydrogens is 244 g/mol. The fourth-order valence-corrected chi connectivity index (χ4v) is 2.55. The number of rotatable bonds is 3. The second-order valence-electron chi connectivity index (χ2n) is 5.04. The molecule has 3 aromatic rings. The van der Waals surface area contributed by atoms with Crippen LogP contribution in [0, 0.1) is 0 Å². The molecular formula is C18H18N2. The van der Waals surface area contributed by atoms with Gasteiger partial charge in [-0.25, -0.2) is 0 Å². The quantitative estimate of drug-likeness (QED) is 0.552. The lowest BCUT2D eigenvalue weighted by molar-refractivity contribution is 0.603. The minimum absolute atomic E-state index is 0.143. The third kappa shape index (κ3) is 2.31. The largest absolute Gasteiger partial charge is 0.271 e. The van der Waals surface area contributed by atoms with E-state index in [1.165, 1.54) is 27.5 Å². The first-order valence-corrected chi connectivity index (χ1v) is 6.84. The number of nitrogens with one attached hydrogen (secondary N) is 1. The van der Waals surface area contributed by atoms with Crippen LogP contribution in [0.4, 0.5) is 0 Å². The maximum Gasteiger partial charge on any atom is 0.0432 e. The van der Waals surface area contributed by atoms with Crippen molar-refractivity contribution < 1.29 is 0 Å². The van der Waals surface area contributed by atoms with E-state index in [1.807, 2.05) is 0 Å². The number of fused-ring (bicyclic) bond motifs is 1. The van der Waals surface area contributed by atoms with Gasteiger partial charge in [-0.1, -0.05) is 60.7 Å². The average Bonchev–Trinajstić information content (AvgIpc) is 2.53. The number of benzene rings is 3. The van der Waals surface area contributed by atoms with E-state index in [0.29, 0.717) is 0 Å². The normalized spacial score (nSPS) is 12.5. The van der Waals surface area contributed by atoms with Crippen molar-refractivity contribution in [3.05, 3.63) is 72.3 Å². The molecule has 0 fully saturated rings. The van der Waals surface area contributed by atoms with Gasteiger partial charge in [-0.15, -0.1) is 0 Å². The summed E-state index contributed by atoms with van der Waals surface area (Å²) in [6, 6.07) is 23.6. The Labute approximate surface area is 119 Å². The summed E-state index contributed by atoms with van der Waals surface area (Å²) in [7, 11) is 0. The molecule has 0 amide bonds. The molecule has 0 aliphatic carbocycles. The third-order valence-corrected chi connectivity index (χ3v) is 3.74. The van der Waals surface area contributed by atoms with Gasteiger partial charge >= 0.3 is 0 Å². The van der Waals surface area contributed by atoms with Crippen molar-refractivity contribution >= 4 is 10.8 Å². The molecule has 1 atom stereocenters. The predicted molar refractivity (Wildman–Crippen MR) is 85.1 cm³/mol. The molecule has 0 aliphatic rings. The molecule has 0 heterocycles. The summed E-state index contributed by atoms with van der Waals surface area (Å²) in [4.78, 5) is 0. The van der Waals surface area contributed by atoms with Crippen LogP contribution < -0.4 is 11.3 Å². The Morgan fingerprint density at radius 2 is 1.65 bits per heavy atom. The first-order valence-electron chi connectivity index (χ1n) is 6.84. The zero-order chi connectivity index (χ0) is 13.9. The standard InChI is InChI=1S/C18H18N2/c1-13(20-19)15-8-4-9-16(12-15)18-11-5-7-14-6-2-3-10-17(14)18/h2-13,20H,19H2,1H3/t13-/m0/s1. The minimum atomic E-state index is 0.143. The van der Waals surface area contributed by atoms with Crippen LogP contribution >= 0.6 is 0 Å². The molecule has 0 bridgehead atoms. The van der Waals surface area contributed by atoms with Crippen molar-refractivity contribution in [3.63, 3.8) is 0 Å². The van der Waals surface area contributed by atoms with Gasteiger partial charge in [0.1, 0.15) is 0 Å². The monoisotopic (exact) mass is 262 g/mol. The number of hydrogen-bond acceptors (Lipinski definition) is 2. The summed E-state index contributed by atoms with van der Waals surface area (Å²) in [6.45, 7) is 2.06. The van der Waals surface area contributed by atoms with Crippen molar-refractivity contribution in [3.8, 4) is 11.1 Å². The number of hydrazine groups is 1. The van der Waals surface area contributed by atoms with Gasteiger partial charge < -0.3 is 0 Å². The van der Waals surface area contributed by atoms with Crippen molar-refractivity contribution in [2.45, 2.75) is 13.0 Å². The highest BCUT2D eigenvalue weighted by molar-refractivity contribution is 5.96. The smallest absolute Gasteiger partial charge is 0.0432 e. The Kier molecular flexibility index (Phi) is 3.50. The van der Waals surface area contributed by atoms with Gasteiger partial charge in [0.2, 0.25) is 0 Å². The molecule has 0 aromatic heterocycles.